The van der Waals surface area contributed by atoms with Crippen LogP contribution in [0.1, 0.15) is 1.43 Å². The Kier molecular flexibility index (Phi) is 10.2. The Morgan fingerprint density at radius 2 is 2.17 bits per heavy atom. The molecule has 0 saturated heterocycles. The van der Waals surface area contributed by atoms with E-state index in [9.17, 15) is 4.39 Å². The van der Waals surface area contributed by atoms with Gasteiger partial charge in [-0.25, -0.2) is 9.18 Å². The summed E-state index contributed by atoms with van der Waals surface area (Å²) in [7, 11) is 0. The van der Waals surface area contributed by atoms with Crippen LogP contribution in [-0.2, 0) is 4.79 Å². The molecule has 0 aromatic heterocycles. The Labute approximate surface area is 78.6 Å². The van der Waals surface area contributed by atoms with E-state index in [1.54, 1.807) is 0 Å². The Balaban J connectivity index is -0.0000000800. The van der Waals surface area contributed by atoms with Crippen LogP contribution in [0, 0.1) is 0 Å². The summed E-state index contributed by atoms with van der Waals surface area (Å²) in [6, 6.07) is 0. The van der Waals surface area contributed by atoms with Crippen LogP contribution in [0.25, 0.3) is 0 Å². The van der Waals surface area contributed by atoms with E-state index >= 15 is 0 Å². The minimum absolute atomic E-state index is 0. The third-order valence-electron chi connectivity index (χ3n) is 0.114. The molecule has 0 fully saturated rings. The van der Waals surface area contributed by atoms with Gasteiger partial charge in [-0.05, 0) is 0 Å². The number of carbonyl (C=O) groups is 1. The number of hydrogen-bond donors (Lipinski definition) is 1. The molecule has 2 nitrogen and oxygen atoms in total. The molecule has 0 amide bonds. The van der Waals surface area contributed by atoms with Gasteiger partial charge in [0, 0.05) is 0 Å². The molecule has 32 valence electrons. The predicted octanol–water partition coefficient (Wildman–Crippen LogP) is -2.84. The summed E-state index contributed by atoms with van der Waals surface area (Å²) in [5, 5.41) is 7.35. The van der Waals surface area contributed by atoms with Crippen molar-refractivity contribution in [3.8, 4) is 0 Å². The Bertz CT molecular complexity index is 51.0. The molecule has 0 saturated carbocycles. The first-order valence-electron chi connectivity index (χ1n) is 1.05. The molecule has 0 aliphatic rings. The standard InChI is InChI=1S/C2H3FO2.K.H/c3-1-2(4)5;;/h1H2,(H,4,5);;/q;+1;-1. The molecule has 0 unspecified atom stereocenters. The van der Waals surface area contributed by atoms with Crippen molar-refractivity contribution in [2.24, 2.45) is 0 Å². The van der Waals surface area contributed by atoms with E-state index in [2.05, 4.69) is 0 Å². The maximum Gasteiger partial charge on any atom is 1.00 e. The number of carboxylic acids is 1. The first-order valence-corrected chi connectivity index (χ1v) is 1.05. The van der Waals surface area contributed by atoms with Crippen LogP contribution < -0.4 is 51.4 Å². The summed E-state index contributed by atoms with van der Waals surface area (Å²) in [6.45, 7) is -1.28. The Hall–Kier alpha value is 1.04. The van der Waals surface area contributed by atoms with Crippen molar-refractivity contribution < 1.29 is 67.1 Å². The van der Waals surface area contributed by atoms with Crippen molar-refractivity contribution in [1.82, 2.24) is 0 Å². The second-order valence-corrected chi connectivity index (χ2v) is 0.527. The molecular weight excluding hydrogens is 114 g/mol. The zero-order valence-corrected chi connectivity index (χ0v) is 6.56. The monoisotopic (exact) mass is 118 g/mol. The first-order chi connectivity index (χ1) is 2.27. The molecule has 0 aliphatic carbocycles. The Morgan fingerprint density at radius 1 is 2.00 bits per heavy atom. The van der Waals surface area contributed by atoms with Gasteiger partial charge in [0.2, 0.25) is 0 Å². The van der Waals surface area contributed by atoms with Crippen molar-refractivity contribution in [1.29, 1.82) is 0 Å². The van der Waals surface area contributed by atoms with E-state index in [-0.39, 0.29) is 52.8 Å². The molecule has 0 radical (unpaired) electrons. The molecule has 0 spiro atoms. The predicted molar refractivity (Wildman–Crippen MR) is 14.7 cm³/mol. The third kappa shape index (κ3) is 8.90. The number of alkyl halides is 1. The Morgan fingerprint density at radius 3 is 2.17 bits per heavy atom. The molecule has 0 atom stereocenters. The summed E-state index contributed by atoms with van der Waals surface area (Å²) in [5.41, 5.74) is 0. The first kappa shape index (κ1) is 10.1. The number of aliphatic carboxylic acids is 1. The SMILES string of the molecule is O=C(O)CF.[H-].[K+]. The van der Waals surface area contributed by atoms with Crippen molar-refractivity contribution in [3.05, 3.63) is 0 Å². The van der Waals surface area contributed by atoms with Crippen molar-refractivity contribution in [3.63, 3.8) is 0 Å². The maximum absolute atomic E-state index is 10.5. The normalized spacial score (nSPS) is 6.17. The summed E-state index contributed by atoms with van der Waals surface area (Å²) in [5.74, 6) is -1.41. The van der Waals surface area contributed by atoms with Crippen molar-refractivity contribution in [2.45, 2.75) is 0 Å². The average molecular weight is 118 g/mol. The molecule has 0 heterocycles. The van der Waals surface area contributed by atoms with Gasteiger partial charge in [0.15, 0.2) is 6.67 Å². The third-order valence-corrected chi connectivity index (χ3v) is 0.114. The molecule has 0 bridgehead atoms. The second kappa shape index (κ2) is 6.04. The van der Waals surface area contributed by atoms with E-state index in [1.165, 1.54) is 0 Å². The molecule has 0 aliphatic heterocycles. The van der Waals surface area contributed by atoms with Gasteiger partial charge in [-0.15, -0.1) is 0 Å². The molecule has 0 aromatic rings. The van der Waals surface area contributed by atoms with E-state index < -0.39 is 12.6 Å². The van der Waals surface area contributed by atoms with Gasteiger partial charge in [-0.3, -0.25) is 0 Å². The van der Waals surface area contributed by atoms with Gasteiger partial charge in [0.25, 0.3) is 0 Å². The van der Waals surface area contributed by atoms with Crippen molar-refractivity contribution >= 4 is 5.97 Å². The van der Waals surface area contributed by atoms with Crippen LogP contribution >= 0.6 is 0 Å². The van der Waals surface area contributed by atoms with E-state index in [4.69, 9.17) is 9.90 Å². The fraction of sp³-hybridized carbons (Fsp3) is 0.500. The summed E-state index contributed by atoms with van der Waals surface area (Å²) in [6.07, 6.45) is 0. The van der Waals surface area contributed by atoms with Crippen LogP contribution in [0.2, 0.25) is 0 Å². The number of rotatable bonds is 1. The topological polar surface area (TPSA) is 37.3 Å². The minimum atomic E-state index is -1.41. The zero-order chi connectivity index (χ0) is 4.28. The average Bonchev–Trinajstić information content (AvgIpc) is 1.38. The van der Waals surface area contributed by atoms with E-state index in [1.807, 2.05) is 0 Å². The van der Waals surface area contributed by atoms with E-state index in [0.717, 1.165) is 0 Å². The van der Waals surface area contributed by atoms with Crippen LogP contribution in [0.15, 0.2) is 0 Å². The molecule has 1 N–H and O–H groups in total. The van der Waals surface area contributed by atoms with Crippen LogP contribution in [0.5, 0.6) is 0 Å². The maximum atomic E-state index is 10.5. The molecule has 0 aromatic carbocycles. The minimum Gasteiger partial charge on any atom is -1.00 e. The van der Waals surface area contributed by atoms with Gasteiger partial charge < -0.3 is 6.53 Å². The fourth-order valence-corrected chi connectivity index (χ4v) is 0. The zero-order valence-electron chi connectivity index (χ0n) is 4.44. The smallest absolute Gasteiger partial charge is 1.00 e. The summed E-state index contributed by atoms with van der Waals surface area (Å²) < 4.78 is 10.5. The molecular formula is C2H4FKO2. The van der Waals surface area contributed by atoms with Gasteiger partial charge >= 0.3 is 57.4 Å². The van der Waals surface area contributed by atoms with Gasteiger partial charge in [0.1, 0.15) is 0 Å². The number of carboxylic acid groups (broad SMARTS) is 1. The van der Waals surface area contributed by atoms with Gasteiger partial charge in [-0.1, -0.05) is 0 Å². The van der Waals surface area contributed by atoms with Crippen LogP contribution in [0.4, 0.5) is 4.39 Å². The van der Waals surface area contributed by atoms with Gasteiger partial charge in [-0.2, -0.15) is 0 Å². The van der Waals surface area contributed by atoms with Crippen LogP contribution in [0.3, 0.4) is 0 Å². The molecule has 0 rings (SSSR count). The number of halogens is 1. The summed E-state index contributed by atoms with van der Waals surface area (Å²) in [4.78, 5) is 8.99. The quantitative estimate of drug-likeness (QED) is 0.376. The second-order valence-electron chi connectivity index (χ2n) is 0.527. The van der Waals surface area contributed by atoms with Crippen molar-refractivity contribution in [2.75, 3.05) is 6.67 Å². The number of hydrogen-bond acceptors (Lipinski definition) is 1. The summed E-state index contributed by atoms with van der Waals surface area (Å²) >= 11 is 0. The van der Waals surface area contributed by atoms with E-state index in [0.29, 0.717) is 0 Å². The fourth-order valence-electron chi connectivity index (χ4n) is 0. The largest absolute Gasteiger partial charge is 1.00 e. The molecule has 4 heteroatoms. The van der Waals surface area contributed by atoms with Crippen LogP contribution in [-0.4, -0.2) is 17.8 Å². The van der Waals surface area contributed by atoms with Gasteiger partial charge in [0.05, 0.1) is 0 Å². The molecule has 6 heavy (non-hydrogen) atoms.